The lowest BCUT2D eigenvalue weighted by Gasteiger charge is -2.33. The molecular weight excluding hydrogens is 510 g/mol. The second-order valence-electron chi connectivity index (χ2n) is 9.73. The summed E-state index contributed by atoms with van der Waals surface area (Å²) < 4.78 is 0. The molecule has 1 amide bonds. The second kappa shape index (κ2) is 12.3. The van der Waals surface area contributed by atoms with Gasteiger partial charge in [0.2, 0.25) is 5.91 Å². The molecule has 0 bridgehead atoms. The number of nitrogens with one attached hydrogen (secondary N) is 1. The van der Waals surface area contributed by atoms with E-state index < -0.39 is 0 Å². The number of pyridine rings is 2. The first kappa shape index (κ1) is 26.7. The van der Waals surface area contributed by atoms with Gasteiger partial charge in [0.1, 0.15) is 23.4 Å². The van der Waals surface area contributed by atoms with Crippen molar-refractivity contribution in [2.24, 2.45) is 0 Å². The molecule has 200 valence electrons. The van der Waals surface area contributed by atoms with Crippen molar-refractivity contribution in [1.29, 1.82) is 5.26 Å². The van der Waals surface area contributed by atoms with E-state index in [2.05, 4.69) is 28.5 Å². The first-order valence-corrected chi connectivity index (χ1v) is 14.1. The summed E-state index contributed by atoms with van der Waals surface area (Å²) in [6, 6.07) is 16.3. The third-order valence-electron chi connectivity index (χ3n) is 6.97. The van der Waals surface area contributed by atoms with Crippen LogP contribution in [0.5, 0.6) is 0 Å². The van der Waals surface area contributed by atoms with Gasteiger partial charge in [-0.05, 0) is 43.7 Å². The normalized spacial score (nSPS) is 15.5. The topological polar surface area (TPSA) is 105 Å². The van der Waals surface area contributed by atoms with Gasteiger partial charge in [-0.25, -0.2) is 9.97 Å². The average Bonchev–Trinajstić information content (AvgIpc) is 2.96. The summed E-state index contributed by atoms with van der Waals surface area (Å²) >= 11 is 1.75. The SMILES string of the molecule is CN1CCN(Cc2cc3c(nc2C=O)N(c2cc(NCCSc4ccccc4)c(C#N)cn2)CCC3)C(=O)C1. The van der Waals surface area contributed by atoms with Crippen molar-refractivity contribution in [1.82, 2.24) is 19.8 Å². The molecule has 2 aliphatic heterocycles. The molecule has 0 unspecified atom stereocenters. The van der Waals surface area contributed by atoms with Gasteiger partial charge in [-0.3, -0.25) is 14.5 Å². The molecule has 39 heavy (non-hydrogen) atoms. The Labute approximate surface area is 232 Å². The van der Waals surface area contributed by atoms with Crippen LogP contribution in [0.25, 0.3) is 0 Å². The Kier molecular flexibility index (Phi) is 8.39. The number of piperazine rings is 1. The second-order valence-corrected chi connectivity index (χ2v) is 10.9. The molecule has 10 heteroatoms. The molecule has 0 aliphatic carbocycles. The summed E-state index contributed by atoms with van der Waals surface area (Å²) in [4.78, 5) is 40.9. The average molecular weight is 542 g/mol. The fourth-order valence-electron chi connectivity index (χ4n) is 4.91. The van der Waals surface area contributed by atoms with Gasteiger partial charge in [0, 0.05) is 61.2 Å². The number of benzene rings is 1. The maximum absolute atomic E-state index is 12.5. The van der Waals surface area contributed by atoms with Crippen LogP contribution in [-0.4, -0.2) is 77.5 Å². The molecule has 2 aliphatic rings. The number of carbonyl (C=O) groups excluding carboxylic acids is 2. The number of nitriles is 1. The molecular formula is C29H31N7O2S. The number of aldehydes is 1. The first-order valence-electron chi connectivity index (χ1n) is 13.1. The van der Waals surface area contributed by atoms with Crippen LogP contribution in [-0.2, 0) is 17.8 Å². The monoisotopic (exact) mass is 541 g/mol. The molecule has 0 radical (unpaired) electrons. The Hall–Kier alpha value is -3.94. The molecule has 4 heterocycles. The number of aromatic nitrogens is 2. The summed E-state index contributed by atoms with van der Waals surface area (Å²) in [6.07, 6.45) is 4.09. The van der Waals surface area contributed by atoms with Gasteiger partial charge < -0.3 is 15.1 Å². The number of hydrogen-bond acceptors (Lipinski definition) is 9. The van der Waals surface area contributed by atoms with Gasteiger partial charge in [-0.1, -0.05) is 18.2 Å². The first-order chi connectivity index (χ1) is 19.1. The van der Waals surface area contributed by atoms with Crippen molar-refractivity contribution in [3.05, 3.63) is 71.0 Å². The highest BCUT2D eigenvalue weighted by Gasteiger charge is 2.26. The molecule has 1 fully saturated rings. The fraction of sp³-hybridized carbons (Fsp3) is 0.345. The minimum Gasteiger partial charge on any atom is -0.383 e. The number of nitrogens with zero attached hydrogens (tertiary/aromatic N) is 6. The highest BCUT2D eigenvalue weighted by molar-refractivity contribution is 7.99. The lowest BCUT2D eigenvalue weighted by molar-refractivity contribution is -0.136. The standard InChI is InChI=1S/C29H31N7O2S/c1-34-11-12-35(28(38)19-34)18-22-14-21-6-5-10-36(29(21)33-26(22)20-37)27-15-25(23(16-30)17-32-27)31-9-13-39-24-7-3-2-4-8-24/h2-4,7-8,14-15,17,20H,5-6,9-13,18-19H2,1H3,(H,31,32). The van der Waals surface area contributed by atoms with Crippen molar-refractivity contribution in [3.63, 3.8) is 0 Å². The third kappa shape index (κ3) is 6.21. The highest BCUT2D eigenvalue weighted by atomic mass is 32.2. The predicted molar refractivity (Wildman–Crippen MR) is 152 cm³/mol. The number of hydrogen-bond donors (Lipinski definition) is 1. The number of thioether (sulfide) groups is 1. The molecule has 9 nitrogen and oxygen atoms in total. The lowest BCUT2D eigenvalue weighted by Crippen LogP contribution is -2.48. The van der Waals surface area contributed by atoms with E-state index in [0.29, 0.717) is 55.6 Å². The van der Waals surface area contributed by atoms with Crippen LogP contribution in [0.15, 0.2) is 53.6 Å². The summed E-state index contributed by atoms with van der Waals surface area (Å²) in [5, 5.41) is 13.0. The highest BCUT2D eigenvalue weighted by Crippen LogP contribution is 2.34. The smallest absolute Gasteiger partial charge is 0.237 e. The number of anilines is 3. The van der Waals surface area contributed by atoms with E-state index in [9.17, 15) is 14.9 Å². The van der Waals surface area contributed by atoms with E-state index >= 15 is 0 Å². The minimum atomic E-state index is 0.0592. The number of carbonyl (C=O) groups is 2. The van der Waals surface area contributed by atoms with Crippen molar-refractivity contribution in [2.45, 2.75) is 24.3 Å². The minimum absolute atomic E-state index is 0.0592. The number of fused-ring (bicyclic) bond motifs is 1. The van der Waals surface area contributed by atoms with Crippen molar-refractivity contribution < 1.29 is 9.59 Å². The van der Waals surface area contributed by atoms with E-state index in [1.54, 1.807) is 22.9 Å². The zero-order valence-corrected chi connectivity index (χ0v) is 22.8. The van der Waals surface area contributed by atoms with Crippen LogP contribution in [0.3, 0.4) is 0 Å². The number of aryl methyl sites for hydroxylation is 1. The predicted octanol–water partition coefficient (Wildman–Crippen LogP) is 3.72. The zero-order valence-electron chi connectivity index (χ0n) is 22.0. The fourth-order valence-corrected chi connectivity index (χ4v) is 5.70. The van der Waals surface area contributed by atoms with E-state index in [1.165, 1.54) is 4.90 Å². The maximum atomic E-state index is 12.5. The summed E-state index contributed by atoms with van der Waals surface area (Å²) in [5.41, 5.74) is 3.36. The van der Waals surface area contributed by atoms with Gasteiger partial charge >= 0.3 is 0 Å². The Morgan fingerprint density at radius 1 is 1.18 bits per heavy atom. The third-order valence-corrected chi connectivity index (χ3v) is 7.99. The van der Waals surface area contributed by atoms with Crippen molar-refractivity contribution >= 4 is 41.3 Å². The Morgan fingerprint density at radius 3 is 2.79 bits per heavy atom. The van der Waals surface area contributed by atoms with Crippen LogP contribution in [0.2, 0.25) is 0 Å². The van der Waals surface area contributed by atoms with Gasteiger partial charge in [-0.2, -0.15) is 5.26 Å². The molecule has 0 atom stereocenters. The van der Waals surface area contributed by atoms with E-state index in [0.717, 1.165) is 48.2 Å². The van der Waals surface area contributed by atoms with Gasteiger partial charge in [0.05, 0.1) is 17.8 Å². The van der Waals surface area contributed by atoms with Crippen LogP contribution in [0, 0.1) is 11.3 Å². The quantitative estimate of drug-likeness (QED) is 0.246. The van der Waals surface area contributed by atoms with Gasteiger partial charge in [0.15, 0.2) is 6.29 Å². The molecule has 3 aromatic rings. The maximum Gasteiger partial charge on any atom is 0.237 e. The molecule has 5 rings (SSSR count). The molecule has 0 spiro atoms. The molecule has 1 saturated heterocycles. The van der Waals surface area contributed by atoms with Gasteiger partial charge in [0.25, 0.3) is 0 Å². The number of amides is 1. The van der Waals surface area contributed by atoms with Crippen molar-refractivity contribution in [3.8, 4) is 6.07 Å². The Bertz CT molecular complexity index is 1390. The number of rotatable bonds is 9. The molecule has 0 saturated carbocycles. The zero-order chi connectivity index (χ0) is 27.2. The molecule has 2 aromatic heterocycles. The number of likely N-dealkylation sites (N-methyl/N-ethyl adjacent to an activating group) is 1. The van der Waals surface area contributed by atoms with Gasteiger partial charge in [-0.15, -0.1) is 11.8 Å². The summed E-state index contributed by atoms with van der Waals surface area (Å²) in [6.45, 7) is 3.60. The molecule has 1 aromatic carbocycles. The van der Waals surface area contributed by atoms with Crippen molar-refractivity contribution in [2.75, 3.05) is 55.7 Å². The van der Waals surface area contributed by atoms with Crippen LogP contribution >= 0.6 is 11.8 Å². The largest absolute Gasteiger partial charge is 0.383 e. The summed E-state index contributed by atoms with van der Waals surface area (Å²) in [5.74, 6) is 2.30. The summed E-state index contributed by atoms with van der Waals surface area (Å²) in [7, 11) is 1.93. The van der Waals surface area contributed by atoms with Crippen LogP contribution in [0.1, 0.15) is 33.6 Å². The Balaban J connectivity index is 1.35. The van der Waals surface area contributed by atoms with E-state index in [1.807, 2.05) is 47.2 Å². The molecule has 1 N–H and O–H groups in total. The lowest BCUT2D eigenvalue weighted by atomic mass is 10.0. The van der Waals surface area contributed by atoms with E-state index in [4.69, 9.17) is 4.98 Å². The van der Waals surface area contributed by atoms with Crippen LogP contribution in [0.4, 0.5) is 17.3 Å². The van der Waals surface area contributed by atoms with Crippen LogP contribution < -0.4 is 10.2 Å². The van der Waals surface area contributed by atoms with E-state index in [-0.39, 0.29) is 5.91 Å². The Morgan fingerprint density at radius 2 is 2.03 bits per heavy atom.